The molecule has 10 heteroatoms. The molecule has 1 amide bonds. The van der Waals surface area contributed by atoms with Crippen molar-refractivity contribution in [2.24, 2.45) is 0 Å². The first-order valence-electron chi connectivity index (χ1n) is 13.8. The van der Waals surface area contributed by atoms with Crippen LogP contribution < -0.4 is 10.1 Å². The van der Waals surface area contributed by atoms with E-state index in [2.05, 4.69) is 20.2 Å². The maximum absolute atomic E-state index is 14.6. The summed E-state index contributed by atoms with van der Waals surface area (Å²) in [5.74, 6) is -1.54. The fraction of sp³-hybridized carbons (Fsp3) is 0.281. The van der Waals surface area contributed by atoms with Crippen LogP contribution in [0.15, 0.2) is 67.0 Å². The van der Waals surface area contributed by atoms with Crippen LogP contribution in [0.25, 0.3) is 11.4 Å². The number of nitrogens with one attached hydrogen (secondary N) is 2. The topological polar surface area (TPSA) is 96.5 Å². The number of nitrogens with zero attached hydrogens (tertiary/aromatic N) is 2. The molecule has 3 heterocycles. The lowest BCUT2D eigenvalue weighted by molar-refractivity contribution is 0.0374. The number of aromatic amines is 1. The number of amides is 1. The van der Waals surface area contributed by atoms with Crippen molar-refractivity contribution in [3.8, 4) is 22.9 Å². The SMILES string of the molecule is Cc1ccc(F)c(CC(=O)c2ccc(F)c(Oc3ccnc(-c4cc(C(=O)NCCCN5CCOCC5)c[nH]4)c3)c2)c1. The van der Waals surface area contributed by atoms with Gasteiger partial charge in [-0.25, -0.2) is 8.78 Å². The maximum atomic E-state index is 14.6. The molecule has 5 rings (SSSR count). The zero-order valence-electron chi connectivity index (χ0n) is 23.3. The highest BCUT2D eigenvalue weighted by Gasteiger charge is 2.16. The molecule has 0 aliphatic carbocycles. The molecular weight excluding hydrogens is 542 g/mol. The van der Waals surface area contributed by atoms with Gasteiger partial charge < -0.3 is 19.8 Å². The Bertz CT molecular complexity index is 1570. The van der Waals surface area contributed by atoms with Crippen LogP contribution in [0, 0.1) is 18.6 Å². The van der Waals surface area contributed by atoms with Gasteiger partial charge in [0.25, 0.3) is 5.91 Å². The van der Waals surface area contributed by atoms with Crippen LogP contribution in [0.1, 0.15) is 38.3 Å². The highest BCUT2D eigenvalue weighted by Crippen LogP contribution is 2.29. The fourth-order valence-electron chi connectivity index (χ4n) is 4.72. The number of morpholine rings is 1. The number of aryl methyl sites for hydroxylation is 1. The number of rotatable bonds is 11. The third-order valence-electron chi connectivity index (χ3n) is 7.03. The van der Waals surface area contributed by atoms with Crippen LogP contribution in [0.5, 0.6) is 11.5 Å². The molecular formula is C32H32F2N4O4. The van der Waals surface area contributed by atoms with Gasteiger partial charge in [0, 0.05) is 50.1 Å². The first-order valence-corrected chi connectivity index (χ1v) is 13.8. The van der Waals surface area contributed by atoms with Gasteiger partial charge in [-0.2, -0.15) is 0 Å². The lowest BCUT2D eigenvalue weighted by atomic mass is 10.0. The van der Waals surface area contributed by atoms with E-state index < -0.39 is 11.6 Å². The van der Waals surface area contributed by atoms with E-state index in [4.69, 9.17) is 9.47 Å². The minimum absolute atomic E-state index is 0.147. The average Bonchev–Trinajstić information content (AvgIpc) is 3.50. The summed E-state index contributed by atoms with van der Waals surface area (Å²) in [4.78, 5) is 35.2. The van der Waals surface area contributed by atoms with Gasteiger partial charge in [-0.05, 0) is 61.9 Å². The Balaban J connectivity index is 1.21. The molecule has 4 aromatic rings. The Labute approximate surface area is 242 Å². The average molecular weight is 575 g/mol. The Morgan fingerprint density at radius 2 is 1.83 bits per heavy atom. The summed E-state index contributed by atoms with van der Waals surface area (Å²) in [6, 6.07) is 13.2. The number of carbonyl (C=O) groups excluding carboxylic acids is 2. The molecule has 218 valence electrons. The smallest absolute Gasteiger partial charge is 0.252 e. The fourth-order valence-corrected chi connectivity index (χ4v) is 4.72. The van der Waals surface area contributed by atoms with Crippen molar-refractivity contribution < 1.29 is 27.8 Å². The number of pyridine rings is 1. The molecule has 42 heavy (non-hydrogen) atoms. The zero-order chi connectivity index (χ0) is 29.5. The minimum Gasteiger partial charge on any atom is -0.454 e. The van der Waals surface area contributed by atoms with Crippen molar-refractivity contribution >= 4 is 11.7 Å². The zero-order valence-corrected chi connectivity index (χ0v) is 23.3. The second-order valence-corrected chi connectivity index (χ2v) is 10.2. The first kappa shape index (κ1) is 29.1. The normalized spacial score (nSPS) is 13.6. The van der Waals surface area contributed by atoms with Crippen LogP contribution in [-0.2, 0) is 11.2 Å². The van der Waals surface area contributed by atoms with Gasteiger partial charge in [-0.3, -0.25) is 19.5 Å². The van der Waals surface area contributed by atoms with E-state index in [1.807, 2.05) is 6.92 Å². The molecule has 0 bridgehead atoms. The number of halogens is 2. The number of hydrogen-bond donors (Lipinski definition) is 2. The van der Waals surface area contributed by atoms with Gasteiger partial charge in [0.2, 0.25) is 0 Å². The first-order chi connectivity index (χ1) is 20.4. The third-order valence-corrected chi connectivity index (χ3v) is 7.03. The standard InChI is InChI=1S/C32H32F2N4O4/c1-21-3-5-26(33)23(15-21)17-30(39)22-4-6-27(34)31(18-22)42-25-7-9-35-29(19-25)28-16-24(20-37-28)32(40)36-8-2-10-38-11-13-41-14-12-38/h3-7,9,15-16,18-20,37H,2,8,10-14,17H2,1H3,(H,36,40). The van der Waals surface area contributed by atoms with Crippen molar-refractivity contribution in [2.45, 2.75) is 19.8 Å². The molecule has 2 N–H and O–H groups in total. The van der Waals surface area contributed by atoms with E-state index in [9.17, 15) is 18.4 Å². The molecule has 8 nitrogen and oxygen atoms in total. The highest BCUT2D eigenvalue weighted by molar-refractivity contribution is 5.98. The molecule has 0 saturated carbocycles. The van der Waals surface area contributed by atoms with Gasteiger partial charge in [-0.15, -0.1) is 0 Å². The van der Waals surface area contributed by atoms with Gasteiger partial charge in [0.05, 0.1) is 30.2 Å². The lowest BCUT2D eigenvalue weighted by Crippen LogP contribution is -2.38. The Hall–Kier alpha value is -4.41. The van der Waals surface area contributed by atoms with Crippen molar-refractivity contribution in [1.82, 2.24) is 20.2 Å². The van der Waals surface area contributed by atoms with Gasteiger partial charge in [0.1, 0.15) is 11.6 Å². The molecule has 2 aromatic carbocycles. The van der Waals surface area contributed by atoms with Crippen LogP contribution >= 0.6 is 0 Å². The predicted molar refractivity (Wildman–Crippen MR) is 154 cm³/mol. The molecule has 0 spiro atoms. The molecule has 1 aliphatic rings. The number of ether oxygens (including phenoxy) is 2. The van der Waals surface area contributed by atoms with E-state index in [0.717, 1.165) is 50.9 Å². The monoisotopic (exact) mass is 574 g/mol. The van der Waals surface area contributed by atoms with Gasteiger partial charge in [0.15, 0.2) is 17.3 Å². The number of Topliss-reactive ketones (excluding diaryl/α,β-unsaturated/α-hetero) is 1. The molecule has 0 unspecified atom stereocenters. The molecule has 1 saturated heterocycles. The number of benzene rings is 2. The van der Waals surface area contributed by atoms with E-state index >= 15 is 0 Å². The predicted octanol–water partition coefficient (Wildman–Crippen LogP) is 5.33. The number of H-pyrrole nitrogens is 1. The van der Waals surface area contributed by atoms with Crippen LogP contribution in [0.4, 0.5) is 8.78 Å². The molecule has 2 aromatic heterocycles. The maximum Gasteiger partial charge on any atom is 0.252 e. The Kier molecular flexibility index (Phi) is 9.35. The van der Waals surface area contributed by atoms with E-state index in [1.165, 1.54) is 24.4 Å². The summed E-state index contributed by atoms with van der Waals surface area (Å²) in [6.07, 6.45) is 3.79. The van der Waals surface area contributed by atoms with Gasteiger partial charge >= 0.3 is 0 Å². The van der Waals surface area contributed by atoms with Crippen molar-refractivity contribution in [2.75, 3.05) is 39.4 Å². The summed E-state index contributed by atoms with van der Waals surface area (Å²) in [6.45, 7) is 6.60. The summed E-state index contributed by atoms with van der Waals surface area (Å²) in [7, 11) is 0. The van der Waals surface area contributed by atoms with Gasteiger partial charge in [-0.1, -0.05) is 17.7 Å². The Morgan fingerprint density at radius 1 is 1.02 bits per heavy atom. The number of ketones is 1. The van der Waals surface area contributed by atoms with Crippen molar-refractivity contribution in [3.05, 3.63) is 101 Å². The van der Waals surface area contributed by atoms with Crippen LogP contribution in [0.3, 0.4) is 0 Å². The summed E-state index contributed by atoms with van der Waals surface area (Å²) >= 11 is 0. The van der Waals surface area contributed by atoms with Crippen molar-refractivity contribution in [3.63, 3.8) is 0 Å². The molecule has 0 atom stereocenters. The molecule has 1 fully saturated rings. The lowest BCUT2D eigenvalue weighted by Gasteiger charge is -2.26. The van der Waals surface area contributed by atoms with Crippen LogP contribution in [-0.4, -0.2) is 66.0 Å². The highest BCUT2D eigenvalue weighted by atomic mass is 19.1. The van der Waals surface area contributed by atoms with Crippen LogP contribution in [0.2, 0.25) is 0 Å². The Morgan fingerprint density at radius 3 is 2.67 bits per heavy atom. The third kappa shape index (κ3) is 7.45. The minimum atomic E-state index is -0.654. The summed E-state index contributed by atoms with van der Waals surface area (Å²) < 4.78 is 39.9. The van der Waals surface area contributed by atoms with E-state index in [1.54, 1.807) is 36.5 Å². The molecule has 1 aliphatic heterocycles. The van der Waals surface area contributed by atoms with E-state index in [-0.39, 0.29) is 40.7 Å². The summed E-state index contributed by atoms with van der Waals surface area (Å²) in [5.41, 5.74) is 2.85. The number of hydrogen-bond acceptors (Lipinski definition) is 6. The molecule has 0 radical (unpaired) electrons. The van der Waals surface area contributed by atoms with E-state index in [0.29, 0.717) is 23.5 Å². The largest absolute Gasteiger partial charge is 0.454 e. The summed E-state index contributed by atoms with van der Waals surface area (Å²) in [5, 5.41) is 2.94. The quantitative estimate of drug-likeness (QED) is 0.186. The second-order valence-electron chi connectivity index (χ2n) is 10.2. The number of aromatic nitrogens is 2. The number of carbonyl (C=O) groups is 2. The van der Waals surface area contributed by atoms with Crippen molar-refractivity contribution in [1.29, 1.82) is 0 Å². The second kappa shape index (κ2) is 13.5.